The average Bonchev–Trinajstić information content (AvgIpc) is 3.20. The SMILES string of the molecule is Cc1cc(-c2csc3cnc(Nc4ccc(N5CCOCC5)cc4)nc23)ccc1N. The smallest absolute Gasteiger partial charge is 0.227 e. The minimum absolute atomic E-state index is 0.591. The van der Waals surface area contributed by atoms with Gasteiger partial charge in [0.1, 0.15) is 0 Å². The van der Waals surface area contributed by atoms with E-state index in [1.54, 1.807) is 11.3 Å². The summed E-state index contributed by atoms with van der Waals surface area (Å²) >= 11 is 1.65. The van der Waals surface area contributed by atoms with Crippen molar-refractivity contribution in [1.29, 1.82) is 0 Å². The van der Waals surface area contributed by atoms with Crippen LogP contribution in [-0.2, 0) is 4.74 Å². The first kappa shape index (κ1) is 18.8. The molecule has 2 aromatic heterocycles. The Balaban J connectivity index is 1.40. The van der Waals surface area contributed by atoms with Crippen LogP contribution in [0.2, 0.25) is 0 Å². The zero-order chi connectivity index (χ0) is 20.5. The Labute approximate surface area is 179 Å². The third-order valence-corrected chi connectivity index (χ3v) is 6.30. The summed E-state index contributed by atoms with van der Waals surface area (Å²) in [7, 11) is 0. The molecule has 6 nitrogen and oxygen atoms in total. The standard InChI is InChI=1S/C23H23N5OS/c1-15-12-16(2-7-20(15)24)19-14-30-21-13-25-23(27-22(19)21)26-17-3-5-18(6-4-17)28-8-10-29-11-9-28/h2-7,12-14H,8-11,24H2,1H3,(H,25,26,27). The lowest BCUT2D eigenvalue weighted by Gasteiger charge is -2.28. The van der Waals surface area contributed by atoms with Gasteiger partial charge in [-0.25, -0.2) is 9.97 Å². The van der Waals surface area contributed by atoms with Crippen molar-refractivity contribution in [2.24, 2.45) is 0 Å². The van der Waals surface area contributed by atoms with Gasteiger partial charge in [0.15, 0.2) is 0 Å². The number of nitrogens with two attached hydrogens (primary N) is 1. The molecule has 30 heavy (non-hydrogen) atoms. The molecule has 0 spiro atoms. The van der Waals surface area contributed by atoms with Crippen molar-refractivity contribution < 1.29 is 4.74 Å². The van der Waals surface area contributed by atoms with E-state index in [-0.39, 0.29) is 0 Å². The van der Waals surface area contributed by atoms with Crippen LogP contribution < -0.4 is 16.0 Å². The Morgan fingerprint density at radius 1 is 1.10 bits per heavy atom. The van der Waals surface area contributed by atoms with Gasteiger partial charge in [-0.15, -0.1) is 11.3 Å². The van der Waals surface area contributed by atoms with Crippen molar-refractivity contribution >= 4 is 44.6 Å². The van der Waals surface area contributed by atoms with E-state index < -0.39 is 0 Å². The molecule has 2 aromatic carbocycles. The van der Waals surface area contributed by atoms with Gasteiger partial charge in [-0.1, -0.05) is 6.07 Å². The molecule has 1 aliphatic rings. The fourth-order valence-corrected chi connectivity index (χ4v) is 4.52. The number of hydrogen-bond donors (Lipinski definition) is 2. The number of ether oxygens (including phenoxy) is 1. The normalized spacial score (nSPS) is 14.2. The van der Waals surface area contributed by atoms with Gasteiger partial charge in [0.25, 0.3) is 0 Å². The van der Waals surface area contributed by atoms with Crippen molar-refractivity contribution in [3.8, 4) is 11.1 Å². The number of thiophene rings is 1. The molecule has 1 fully saturated rings. The Hall–Kier alpha value is -3.16. The number of nitrogen functional groups attached to an aromatic ring is 1. The molecule has 0 aliphatic carbocycles. The molecule has 0 bridgehead atoms. The second kappa shape index (κ2) is 7.93. The number of nitrogens with zero attached hydrogens (tertiary/aromatic N) is 3. The molecule has 3 N–H and O–H groups in total. The molecular formula is C23H23N5OS. The summed E-state index contributed by atoms with van der Waals surface area (Å²) < 4.78 is 6.49. The van der Waals surface area contributed by atoms with E-state index in [0.29, 0.717) is 5.95 Å². The van der Waals surface area contributed by atoms with Gasteiger partial charge >= 0.3 is 0 Å². The predicted octanol–water partition coefficient (Wildman–Crippen LogP) is 4.83. The van der Waals surface area contributed by atoms with Gasteiger partial charge in [0.2, 0.25) is 5.95 Å². The highest BCUT2D eigenvalue weighted by Gasteiger charge is 2.13. The van der Waals surface area contributed by atoms with E-state index in [2.05, 4.69) is 50.9 Å². The number of aromatic nitrogens is 2. The highest BCUT2D eigenvalue weighted by Crippen LogP contribution is 2.34. The lowest BCUT2D eigenvalue weighted by atomic mass is 10.0. The molecule has 1 aliphatic heterocycles. The fraction of sp³-hybridized carbons (Fsp3) is 0.217. The topological polar surface area (TPSA) is 76.3 Å². The van der Waals surface area contributed by atoms with Gasteiger partial charge in [0.05, 0.1) is 29.6 Å². The molecule has 1 saturated heterocycles. The monoisotopic (exact) mass is 417 g/mol. The molecule has 0 radical (unpaired) electrons. The maximum Gasteiger partial charge on any atom is 0.227 e. The van der Waals surface area contributed by atoms with Gasteiger partial charge in [-0.05, 0) is 54.4 Å². The van der Waals surface area contributed by atoms with E-state index in [1.807, 2.05) is 25.3 Å². The zero-order valence-electron chi connectivity index (χ0n) is 16.8. The van der Waals surface area contributed by atoms with Crippen LogP contribution in [0.1, 0.15) is 5.56 Å². The summed E-state index contributed by atoms with van der Waals surface area (Å²) in [6.45, 7) is 5.45. The van der Waals surface area contributed by atoms with Gasteiger partial charge in [-0.3, -0.25) is 0 Å². The predicted molar refractivity (Wildman–Crippen MR) is 125 cm³/mol. The Bertz CT molecular complexity index is 1180. The van der Waals surface area contributed by atoms with Crippen LogP contribution in [-0.4, -0.2) is 36.3 Å². The first-order valence-corrected chi connectivity index (χ1v) is 10.9. The lowest BCUT2D eigenvalue weighted by molar-refractivity contribution is 0.122. The Morgan fingerprint density at radius 2 is 1.90 bits per heavy atom. The third kappa shape index (κ3) is 3.69. The van der Waals surface area contributed by atoms with Crippen LogP contribution in [0.15, 0.2) is 54.0 Å². The number of benzene rings is 2. The maximum atomic E-state index is 5.98. The van der Waals surface area contributed by atoms with Crippen LogP contribution in [0.5, 0.6) is 0 Å². The highest BCUT2D eigenvalue weighted by atomic mass is 32.1. The Morgan fingerprint density at radius 3 is 2.67 bits per heavy atom. The van der Waals surface area contributed by atoms with E-state index >= 15 is 0 Å². The number of morpholine rings is 1. The Kier molecular flexibility index (Phi) is 4.98. The summed E-state index contributed by atoms with van der Waals surface area (Å²) in [5.74, 6) is 0.591. The van der Waals surface area contributed by atoms with Crippen LogP contribution in [0.4, 0.5) is 23.0 Å². The van der Waals surface area contributed by atoms with Crippen LogP contribution in [0.25, 0.3) is 21.3 Å². The van der Waals surface area contributed by atoms with Gasteiger partial charge in [0, 0.05) is 41.1 Å². The van der Waals surface area contributed by atoms with Crippen molar-refractivity contribution in [3.63, 3.8) is 0 Å². The molecule has 4 aromatic rings. The van der Waals surface area contributed by atoms with Crippen LogP contribution >= 0.6 is 11.3 Å². The van der Waals surface area contributed by atoms with Crippen molar-refractivity contribution in [2.45, 2.75) is 6.92 Å². The molecule has 5 rings (SSSR count). The molecule has 152 valence electrons. The van der Waals surface area contributed by atoms with Crippen molar-refractivity contribution in [2.75, 3.05) is 42.3 Å². The number of nitrogens with one attached hydrogen (secondary N) is 1. The van der Waals surface area contributed by atoms with E-state index in [4.69, 9.17) is 15.5 Å². The number of hydrogen-bond acceptors (Lipinski definition) is 7. The van der Waals surface area contributed by atoms with E-state index in [0.717, 1.165) is 64.6 Å². The third-order valence-electron chi connectivity index (χ3n) is 5.39. The summed E-state index contributed by atoms with van der Waals surface area (Å²) in [6, 6.07) is 14.5. The lowest BCUT2D eigenvalue weighted by Crippen LogP contribution is -2.36. The summed E-state index contributed by atoms with van der Waals surface area (Å²) in [6.07, 6.45) is 1.88. The summed E-state index contributed by atoms with van der Waals surface area (Å²) in [4.78, 5) is 11.6. The molecular weight excluding hydrogens is 394 g/mol. The summed E-state index contributed by atoms with van der Waals surface area (Å²) in [5, 5.41) is 5.46. The van der Waals surface area contributed by atoms with E-state index in [1.165, 1.54) is 5.69 Å². The van der Waals surface area contributed by atoms with Crippen LogP contribution in [0.3, 0.4) is 0 Å². The minimum Gasteiger partial charge on any atom is -0.399 e. The van der Waals surface area contributed by atoms with Crippen molar-refractivity contribution in [3.05, 3.63) is 59.6 Å². The second-order valence-electron chi connectivity index (χ2n) is 7.40. The first-order chi connectivity index (χ1) is 14.7. The maximum absolute atomic E-state index is 5.98. The second-order valence-corrected chi connectivity index (χ2v) is 8.31. The molecule has 0 saturated carbocycles. The molecule has 0 atom stereocenters. The van der Waals surface area contributed by atoms with Gasteiger partial charge in [-0.2, -0.15) is 0 Å². The van der Waals surface area contributed by atoms with Crippen molar-refractivity contribution in [1.82, 2.24) is 9.97 Å². The highest BCUT2D eigenvalue weighted by molar-refractivity contribution is 7.17. The zero-order valence-corrected chi connectivity index (χ0v) is 17.6. The molecule has 7 heteroatoms. The number of anilines is 4. The number of aryl methyl sites for hydroxylation is 1. The minimum atomic E-state index is 0.591. The average molecular weight is 418 g/mol. The van der Waals surface area contributed by atoms with Crippen LogP contribution in [0, 0.1) is 6.92 Å². The largest absolute Gasteiger partial charge is 0.399 e. The van der Waals surface area contributed by atoms with Gasteiger partial charge < -0.3 is 20.7 Å². The summed E-state index contributed by atoms with van der Waals surface area (Å²) in [5.41, 5.74) is 13.2. The molecule has 0 unspecified atom stereocenters. The first-order valence-electron chi connectivity index (χ1n) is 9.98. The quantitative estimate of drug-likeness (QED) is 0.463. The molecule has 0 amide bonds. The molecule has 3 heterocycles. The number of rotatable bonds is 4. The van der Waals surface area contributed by atoms with E-state index in [9.17, 15) is 0 Å². The number of fused-ring (bicyclic) bond motifs is 1. The fourth-order valence-electron chi connectivity index (χ4n) is 3.64.